The number of ether oxygens (including phenoxy) is 1. The number of carbonyl (C=O) groups excluding carboxylic acids is 2. The molecule has 0 bridgehead atoms. The number of β-amino-alcohol motifs (C(OH)–C–C–N with tert-alkyl or cyclic N) is 1. The molecule has 5 rings (SSSR count). The van der Waals surface area contributed by atoms with Crippen molar-refractivity contribution in [3.8, 4) is 22.8 Å². The second-order valence-electron chi connectivity index (χ2n) is 11.8. The van der Waals surface area contributed by atoms with Crippen LogP contribution in [0, 0.1) is 5.92 Å². The van der Waals surface area contributed by atoms with Gasteiger partial charge in [0, 0.05) is 61.9 Å². The molecule has 2 N–H and O–H groups in total. The summed E-state index contributed by atoms with van der Waals surface area (Å²) in [6.45, 7) is 9.92. The third-order valence-corrected chi connectivity index (χ3v) is 8.09. The summed E-state index contributed by atoms with van der Waals surface area (Å²) in [6.07, 6.45) is 2.25. The number of benzene rings is 2. The van der Waals surface area contributed by atoms with Crippen LogP contribution in [0.1, 0.15) is 67.6 Å². The van der Waals surface area contributed by atoms with Gasteiger partial charge in [-0.1, -0.05) is 26.8 Å². The van der Waals surface area contributed by atoms with Crippen molar-refractivity contribution in [2.24, 2.45) is 5.92 Å². The Bertz CT molecular complexity index is 1370. The Hall–Kier alpha value is -3.82. The molecule has 1 atom stereocenters. The summed E-state index contributed by atoms with van der Waals surface area (Å²) in [5.74, 6) is 1.82. The van der Waals surface area contributed by atoms with Crippen molar-refractivity contribution in [3.63, 3.8) is 0 Å². The Labute approximate surface area is 247 Å². The Morgan fingerprint density at radius 2 is 1.83 bits per heavy atom. The Kier molecular flexibility index (Phi) is 9.49. The number of aliphatic hydroxyl groups is 1. The zero-order valence-corrected chi connectivity index (χ0v) is 24.8. The first-order valence-corrected chi connectivity index (χ1v) is 15.0. The first-order valence-electron chi connectivity index (χ1n) is 15.0. The lowest BCUT2D eigenvalue weighted by molar-refractivity contribution is -0.128. The van der Waals surface area contributed by atoms with Gasteiger partial charge in [-0.15, -0.1) is 0 Å². The van der Waals surface area contributed by atoms with Gasteiger partial charge in [0.15, 0.2) is 0 Å². The molecule has 42 heavy (non-hydrogen) atoms. The highest BCUT2D eigenvalue weighted by molar-refractivity contribution is 5.95. The predicted molar refractivity (Wildman–Crippen MR) is 161 cm³/mol. The Morgan fingerprint density at radius 1 is 1.07 bits per heavy atom. The van der Waals surface area contributed by atoms with Crippen LogP contribution in [-0.2, 0) is 11.3 Å². The van der Waals surface area contributed by atoms with Crippen molar-refractivity contribution >= 4 is 11.8 Å². The van der Waals surface area contributed by atoms with E-state index < -0.39 is 0 Å². The number of aromatic nitrogens is 2. The number of rotatable bonds is 10. The summed E-state index contributed by atoms with van der Waals surface area (Å²) >= 11 is 0. The molecule has 0 unspecified atom stereocenters. The molecule has 2 aliphatic heterocycles. The molecule has 3 heterocycles. The molecule has 0 aliphatic carbocycles. The summed E-state index contributed by atoms with van der Waals surface area (Å²) in [5, 5.41) is 21.1. The normalized spacial score (nSPS) is 18.1. The summed E-state index contributed by atoms with van der Waals surface area (Å²) in [4.78, 5) is 29.9. The van der Waals surface area contributed by atoms with E-state index in [0.717, 1.165) is 48.4 Å². The van der Waals surface area contributed by atoms with Crippen molar-refractivity contribution < 1.29 is 19.4 Å². The van der Waals surface area contributed by atoms with Gasteiger partial charge in [0.25, 0.3) is 5.91 Å². The number of aliphatic hydroxyl groups excluding tert-OH is 1. The lowest BCUT2D eigenvalue weighted by Gasteiger charge is -2.31. The number of carbonyl (C=O) groups is 2. The van der Waals surface area contributed by atoms with E-state index in [0.29, 0.717) is 55.0 Å². The van der Waals surface area contributed by atoms with Crippen LogP contribution in [0.4, 0.5) is 0 Å². The molecule has 0 spiro atoms. The Balaban J connectivity index is 1.33. The molecule has 2 aromatic carbocycles. The van der Waals surface area contributed by atoms with Gasteiger partial charge in [-0.25, -0.2) is 0 Å². The molecule has 0 saturated carbocycles. The largest absolute Gasteiger partial charge is 0.457 e. The fraction of sp³-hybridized carbons (Fsp3) is 0.455. The molecule has 1 aromatic heterocycles. The average Bonchev–Trinajstić information content (AvgIpc) is 3.31. The van der Waals surface area contributed by atoms with Crippen LogP contribution in [0.25, 0.3) is 11.3 Å². The van der Waals surface area contributed by atoms with Crippen molar-refractivity contribution in [3.05, 3.63) is 71.4 Å². The van der Waals surface area contributed by atoms with E-state index in [4.69, 9.17) is 4.74 Å². The van der Waals surface area contributed by atoms with Crippen molar-refractivity contribution in [2.45, 2.75) is 58.5 Å². The highest BCUT2D eigenvalue weighted by Crippen LogP contribution is 2.31. The van der Waals surface area contributed by atoms with Gasteiger partial charge >= 0.3 is 0 Å². The molecule has 222 valence electrons. The van der Waals surface area contributed by atoms with Crippen LogP contribution < -0.4 is 10.1 Å². The SMILES string of the molecule is CC(C)c1ccc(-c2ccc(Oc3cc(C(=O)NC4CCN(CCO)CC4)ccc3CN3C[C@@H](C)CC3=O)cc2)nn1. The standard InChI is InChI=1S/C33H41N5O4/c1-22(2)29-10-11-30(36-35-29)24-6-8-28(9-7-24)42-31-19-25(4-5-26(31)21-38-20-23(3)18-32(38)40)33(41)34-27-12-14-37(15-13-27)16-17-39/h4-11,19,22-23,27,39H,12-18,20-21H2,1-3H3,(H,34,41)/t23-/m0/s1. The number of piperidine rings is 1. The summed E-state index contributed by atoms with van der Waals surface area (Å²) < 4.78 is 6.36. The molecule has 2 aliphatic rings. The molecule has 2 saturated heterocycles. The van der Waals surface area contributed by atoms with Crippen LogP contribution >= 0.6 is 0 Å². The summed E-state index contributed by atoms with van der Waals surface area (Å²) in [6, 6.07) is 17.2. The van der Waals surface area contributed by atoms with Crippen molar-refractivity contribution in [1.29, 1.82) is 0 Å². The lowest BCUT2D eigenvalue weighted by atomic mass is 10.0. The minimum absolute atomic E-state index is 0.0884. The average molecular weight is 572 g/mol. The van der Waals surface area contributed by atoms with E-state index in [2.05, 4.69) is 41.2 Å². The number of hydrogen-bond donors (Lipinski definition) is 2. The lowest BCUT2D eigenvalue weighted by Crippen LogP contribution is -2.45. The molecular weight excluding hydrogens is 530 g/mol. The maximum Gasteiger partial charge on any atom is 0.251 e. The van der Waals surface area contributed by atoms with Crippen LogP contribution in [0.3, 0.4) is 0 Å². The number of amides is 2. The van der Waals surface area contributed by atoms with Crippen molar-refractivity contribution in [2.75, 3.05) is 32.8 Å². The molecule has 2 amide bonds. The van der Waals surface area contributed by atoms with Gasteiger partial charge in [-0.05, 0) is 73.2 Å². The highest BCUT2D eigenvalue weighted by atomic mass is 16.5. The smallest absolute Gasteiger partial charge is 0.251 e. The Morgan fingerprint density at radius 3 is 2.45 bits per heavy atom. The van der Waals surface area contributed by atoms with Crippen LogP contribution in [0.5, 0.6) is 11.5 Å². The minimum Gasteiger partial charge on any atom is -0.457 e. The minimum atomic E-state index is -0.142. The van der Waals surface area contributed by atoms with E-state index in [1.807, 2.05) is 53.4 Å². The van der Waals surface area contributed by atoms with E-state index in [9.17, 15) is 14.7 Å². The van der Waals surface area contributed by atoms with Crippen LogP contribution in [0.2, 0.25) is 0 Å². The van der Waals surface area contributed by atoms with Gasteiger partial charge < -0.3 is 25.0 Å². The van der Waals surface area contributed by atoms with Gasteiger partial charge in [0.1, 0.15) is 11.5 Å². The third kappa shape index (κ3) is 7.33. The molecule has 9 nitrogen and oxygen atoms in total. The second kappa shape index (κ2) is 13.4. The summed E-state index contributed by atoms with van der Waals surface area (Å²) in [5.41, 5.74) is 4.04. The number of nitrogens with zero attached hydrogens (tertiary/aromatic N) is 4. The zero-order chi connectivity index (χ0) is 29.6. The van der Waals surface area contributed by atoms with E-state index in [1.165, 1.54) is 0 Å². The van der Waals surface area contributed by atoms with E-state index >= 15 is 0 Å². The zero-order valence-electron chi connectivity index (χ0n) is 24.8. The predicted octanol–water partition coefficient (Wildman–Crippen LogP) is 4.61. The number of likely N-dealkylation sites (tertiary alicyclic amines) is 2. The maximum atomic E-state index is 13.2. The van der Waals surface area contributed by atoms with Gasteiger partial charge in [0.2, 0.25) is 5.91 Å². The van der Waals surface area contributed by atoms with Crippen molar-refractivity contribution in [1.82, 2.24) is 25.3 Å². The van der Waals surface area contributed by atoms with Gasteiger partial charge in [0.05, 0.1) is 18.0 Å². The highest BCUT2D eigenvalue weighted by Gasteiger charge is 2.28. The fourth-order valence-corrected chi connectivity index (χ4v) is 5.59. The van der Waals surface area contributed by atoms with Crippen LogP contribution in [0.15, 0.2) is 54.6 Å². The maximum absolute atomic E-state index is 13.2. The fourth-order valence-electron chi connectivity index (χ4n) is 5.59. The second-order valence-corrected chi connectivity index (χ2v) is 11.8. The first kappa shape index (κ1) is 29.7. The molecule has 3 aromatic rings. The molecule has 2 fully saturated rings. The van der Waals surface area contributed by atoms with E-state index in [1.54, 1.807) is 6.07 Å². The molecule has 0 radical (unpaired) electrons. The number of hydrogen-bond acceptors (Lipinski definition) is 7. The van der Waals surface area contributed by atoms with Gasteiger partial charge in [-0.2, -0.15) is 10.2 Å². The van der Waals surface area contributed by atoms with Gasteiger partial charge in [-0.3, -0.25) is 9.59 Å². The monoisotopic (exact) mass is 571 g/mol. The van der Waals surface area contributed by atoms with E-state index in [-0.39, 0.29) is 24.5 Å². The third-order valence-electron chi connectivity index (χ3n) is 8.09. The quantitative estimate of drug-likeness (QED) is 0.366. The first-order chi connectivity index (χ1) is 20.3. The number of nitrogens with one attached hydrogen (secondary N) is 1. The van der Waals surface area contributed by atoms with Crippen LogP contribution in [-0.4, -0.2) is 75.7 Å². The topological polar surface area (TPSA) is 108 Å². The molecule has 9 heteroatoms. The molecular formula is C33H41N5O4. The summed E-state index contributed by atoms with van der Waals surface area (Å²) in [7, 11) is 0.